The molecule has 110 valence electrons. The number of nitrogen functional groups attached to an aromatic ring is 1. The molecule has 1 aromatic rings. The highest BCUT2D eigenvalue weighted by atomic mass is 32.2. The van der Waals surface area contributed by atoms with Gasteiger partial charge in [-0.25, -0.2) is 17.5 Å². The molecule has 1 aliphatic carbocycles. The van der Waals surface area contributed by atoms with Crippen molar-refractivity contribution in [3.8, 4) is 0 Å². The lowest BCUT2D eigenvalue weighted by Crippen LogP contribution is -2.30. The first-order chi connectivity index (χ1) is 9.40. The van der Waals surface area contributed by atoms with Gasteiger partial charge in [0.2, 0.25) is 10.0 Å². The van der Waals surface area contributed by atoms with Crippen LogP contribution in [0, 0.1) is 18.7 Å². The topological polar surface area (TPSA) is 72.2 Å². The van der Waals surface area contributed by atoms with Gasteiger partial charge in [-0.05, 0) is 44.2 Å². The quantitative estimate of drug-likeness (QED) is 0.662. The Labute approximate surface area is 118 Å². The van der Waals surface area contributed by atoms with Gasteiger partial charge in [-0.3, -0.25) is 0 Å². The van der Waals surface area contributed by atoms with Crippen LogP contribution in [-0.4, -0.2) is 15.0 Å². The Morgan fingerprint density at radius 3 is 2.80 bits per heavy atom. The average Bonchev–Trinajstić information content (AvgIpc) is 2.42. The number of hydrogen-bond acceptors (Lipinski definition) is 3. The minimum absolute atomic E-state index is 0.0821. The Morgan fingerprint density at radius 2 is 2.15 bits per heavy atom. The maximum Gasteiger partial charge on any atom is 0.241 e. The lowest BCUT2D eigenvalue weighted by molar-refractivity contribution is 0.468. The highest BCUT2D eigenvalue weighted by Crippen LogP contribution is 2.23. The molecule has 0 saturated heterocycles. The highest BCUT2D eigenvalue weighted by Gasteiger charge is 2.21. The van der Waals surface area contributed by atoms with E-state index in [2.05, 4.69) is 16.9 Å². The van der Waals surface area contributed by atoms with Crippen molar-refractivity contribution in [3.63, 3.8) is 0 Å². The molecular formula is C14H19FN2O2S. The Morgan fingerprint density at radius 1 is 1.40 bits per heavy atom. The van der Waals surface area contributed by atoms with Crippen LogP contribution in [0.3, 0.4) is 0 Å². The molecule has 0 spiro atoms. The second-order valence-corrected chi connectivity index (χ2v) is 6.86. The first-order valence-electron chi connectivity index (χ1n) is 6.60. The number of rotatable bonds is 4. The zero-order valence-electron chi connectivity index (χ0n) is 11.4. The molecule has 0 aliphatic heterocycles. The van der Waals surface area contributed by atoms with Gasteiger partial charge in [0.1, 0.15) is 5.82 Å². The van der Waals surface area contributed by atoms with Crippen LogP contribution in [0.15, 0.2) is 29.2 Å². The fraction of sp³-hybridized carbons (Fsp3) is 0.429. The fourth-order valence-electron chi connectivity index (χ4n) is 2.30. The molecule has 0 aromatic heterocycles. The SMILES string of the molecule is Cc1c(F)cc(N)cc1S(=O)(=O)NCC1CC=CCC1. The predicted molar refractivity (Wildman–Crippen MR) is 77.2 cm³/mol. The van der Waals surface area contributed by atoms with E-state index in [0.29, 0.717) is 12.5 Å². The van der Waals surface area contributed by atoms with E-state index in [9.17, 15) is 12.8 Å². The van der Waals surface area contributed by atoms with Gasteiger partial charge < -0.3 is 5.73 Å². The zero-order chi connectivity index (χ0) is 14.8. The van der Waals surface area contributed by atoms with Crippen molar-refractivity contribution < 1.29 is 12.8 Å². The molecule has 6 heteroatoms. The van der Waals surface area contributed by atoms with Gasteiger partial charge in [0.15, 0.2) is 0 Å². The summed E-state index contributed by atoms with van der Waals surface area (Å²) in [7, 11) is -3.73. The number of sulfonamides is 1. The van der Waals surface area contributed by atoms with Crippen LogP contribution in [0.5, 0.6) is 0 Å². The first kappa shape index (κ1) is 15.0. The van der Waals surface area contributed by atoms with Gasteiger partial charge in [-0.2, -0.15) is 0 Å². The Balaban J connectivity index is 2.16. The van der Waals surface area contributed by atoms with Crippen LogP contribution < -0.4 is 10.5 Å². The number of allylic oxidation sites excluding steroid dienone is 2. The summed E-state index contributed by atoms with van der Waals surface area (Å²) in [6.07, 6.45) is 6.96. The molecule has 0 heterocycles. The second kappa shape index (κ2) is 5.93. The molecule has 2 rings (SSSR count). The van der Waals surface area contributed by atoms with Crippen molar-refractivity contribution >= 4 is 15.7 Å². The molecule has 4 nitrogen and oxygen atoms in total. The largest absolute Gasteiger partial charge is 0.399 e. The number of halogens is 1. The molecule has 1 unspecified atom stereocenters. The first-order valence-corrected chi connectivity index (χ1v) is 8.09. The Hall–Kier alpha value is -1.40. The molecule has 0 saturated carbocycles. The predicted octanol–water partition coefficient (Wildman–Crippen LogP) is 2.35. The third kappa shape index (κ3) is 3.37. The zero-order valence-corrected chi connectivity index (χ0v) is 12.2. The third-order valence-electron chi connectivity index (χ3n) is 3.55. The maximum absolute atomic E-state index is 13.6. The van der Waals surface area contributed by atoms with E-state index < -0.39 is 15.8 Å². The van der Waals surface area contributed by atoms with E-state index in [-0.39, 0.29) is 16.1 Å². The molecular weight excluding hydrogens is 279 g/mol. The minimum Gasteiger partial charge on any atom is -0.399 e. The van der Waals surface area contributed by atoms with Crippen molar-refractivity contribution in [1.29, 1.82) is 0 Å². The summed E-state index contributed by atoms with van der Waals surface area (Å²) in [6.45, 7) is 1.80. The number of hydrogen-bond donors (Lipinski definition) is 2. The molecule has 20 heavy (non-hydrogen) atoms. The van der Waals surface area contributed by atoms with Gasteiger partial charge in [-0.15, -0.1) is 0 Å². The Kier molecular flexibility index (Phi) is 4.45. The fourth-order valence-corrected chi connectivity index (χ4v) is 3.70. The van der Waals surface area contributed by atoms with Crippen LogP contribution in [-0.2, 0) is 10.0 Å². The number of anilines is 1. The van der Waals surface area contributed by atoms with E-state index in [1.54, 1.807) is 0 Å². The monoisotopic (exact) mass is 298 g/mol. The molecule has 0 fully saturated rings. The number of nitrogens with two attached hydrogens (primary N) is 1. The maximum atomic E-state index is 13.6. The van der Waals surface area contributed by atoms with Gasteiger partial charge in [0.25, 0.3) is 0 Å². The molecule has 1 atom stereocenters. The van der Waals surface area contributed by atoms with Crippen molar-refractivity contribution in [2.24, 2.45) is 5.92 Å². The van der Waals surface area contributed by atoms with Crippen molar-refractivity contribution in [2.75, 3.05) is 12.3 Å². The second-order valence-electron chi connectivity index (χ2n) is 5.13. The van der Waals surface area contributed by atoms with Gasteiger partial charge >= 0.3 is 0 Å². The van der Waals surface area contributed by atoms with Crippen LogP contribution in [0.4, 0.5) is 10.1 Å². The Bertz CT molecular complexity index is 626. The molecule has 3 N–H and O–H groups in total. The van der Waals surface area contributed by atoms with E-state index >= 15 is 0 Å². The summed E-state index contributed by atoms with van der Waals surface area (Å²) in [5.74, 6) is -0.313. The third-order valence-corrected chi connectivity index (χ3v) is 5.10. The average molecular weight is 298 g/mol. The summed E-state index contributed by atoms with van der Waals surface area (Å²) < 4.78 is 40.6. The van der Waals surface area contributed by atoms with E-state index in [4.69, 9.17) is 5.73 Å². The van der Waals surface area contributed by atoms with Crippen molar-refractivity contribution in [2.45, 2.75) is 31.1 Å². The summed E-state index contributed by atoms with van der Waals surface area (Å²) >= 11 is 0. The van der Waals surface area contributed by atoms with Crippen LogP contribution >= 0.6 is 0 Å². The number of benzene rings is 1. The summed E-state index contributed by atoms with van der Waals surface area (Å²) in [4.78, 5) is -0.0821. The van der Waals surface area contributed by atoms with E-state index in [1.807, 2.05) is 0 Å². The smallest absolute Gasteiger partial charge is 0.241 e. The highest BCUT2D eigenvalue weighted by molar-refractivity contribution is 7.89. The molecule has 0 bridgehead atoms. The normalized spacial score (nSPS) is 19.2. The van der Waals surface area contributed by atoms with Crippen LogP contribution in [0.1, 0.15) is 24.8 Å². The van der Waals surface area contributed by atoms with Crippen molar-refractivity contribution in [3.05, 3.63) is 35.7 Å². The lowest BCUT2D eigenvalue weighted by Gasteiger charge is -2.18. The van der Waals surface area contributed by atoms with E-state index in [1.165, 1.54) is 13.0 Å². The lowest BCUT2D eigenvalue weighted by atomic mass is 9.95. The number of nitrogens with one attached hydrogen (secondary N) is 1. The van der Waals surface area contributed by atoms with Crippen LogP contribution in [0.25, 0.3) is 0 Å². The summed E-state index contributed by atoms with van der Waals surface area (Å²) in [6, 6.07) is 2.42. The molecule has 0 radical (unpaired) electrons. The van der Waals surface area contributed by atoms with Crippen molar-refractivity contribution in [1.82, 2.24) is 4.72 Å². The van der Waals surface area contributed by atoms with E-state index in [0.717, 1.165) is 25.3 Å². The standard InChI is InChI=1S/C14H19FN2O2S/c1-10-13(15)7-12(16)8-14(10)20(18,19)17-9-11-5-3-2-4-6-11/h2-3,7-8,11,17H,4-6,9,16H2,1H3. The summed E-state index contributed by atoms with van der Waals surface area (Å²) in [5, 5.41) is 0. The van der Waals surface area contributed by atoms with Gasteiger partial charge in [-0.1, -0.05) is 12.2 Å². The van der Waals surface area contributed by atoms with Gasteiger partial charge in [0.05, 0.1) is 4.90 Å². The molecule has 0 amide bonds. The van der Waals surface area contributed by atoms with Gasteiger partial charge in [0, 0.05) is 17.8 Å². The summed E-state index contributed by atoms with van der Waals surface area (Å²) in [5.41, 5.74) is 5.72. The molecule has 1 aliphatic rings. The minimum atomic E-state index is -3.73. The van der Waals surface area contributed by atoms with Crippen LogP contribution in [0.2, 0.25) is 0 Å². The molecule has 1 aromatic carbocycles.